The molecule has 0 aromatic heterocycles. The van der Waals surface area contributed by atoms with Gasteiger partial charge in [-0.25, -0.2) is 23.1 Å². The third-order valence-electron chi connectivity index (χ3n) is 4.59. The van der Waals surface area contributed by atoms with E-state index in [0.29, 0.717) is 12.3 Å². The first-order valence-corrected chi connectivity index (χ1v) is 12.7. The highest BCUT2D eigenvalue weighted by molar-refractivity contribution is 7.89. The Kier molecular flexibility index (Phi) is 10.7. The number of unbranched alkanes of at least 4 members (excludes halogenated alkanes) is 1. The first kappa shape index (κ1) is 28.6. The Labute approximate surface area is 209 Å². The van der Waals surface area contributed by atoms with Crippen molar-refractivity contribution >= 4 is 33.6 Å². The molecule has 2 aromatic carbocycles. The smallest absolute Gasteiger partial charge is 0.344 e. The quantitative estimate of drug-likeness (QED) is 0.227. The Morgan fingerprint density at radius 3 is 2.39 bits per heavy atom. The summed E-state index contributed by atoms with van der Waals surface area (Å²) in [6, 6.07) is 11.0. The number of esters is 3. The van der Waals surface area contributed by atoms with Crippen molar-refractivity contribution in [1.82, 2.24) is 0 Å². The minimum atomic E-state index is -4.31. The summed E-state index contributed by atoms with van der Waals surface area (Å²) in [7, 11) is -4.31. The van der Waals surface area contributed by atoms with Crippen molar-refractivity contribution < 1.29 is 41.7 Å². The van der Waals surface area contributed by atoms with E-state index >= 15 is 0 Å². The van der Waals surface area contributed by atoms with Crippen molar-refractivity contribution in [2.45, 2.75) is 44.6 Å². The van der Waals surface area contributed by atoms with Crippen LogP contribution in [0.4, 0.5) is 5.69 Å². The van der Waals surface area contributed by atoms with E-state index in [0.717, 1.165) is 25.8 Å². The number of primary sulfonamides is 1. The zero-order chi connectivity index (χ0) is 26.7. The third-order valence-corrected chi connectivity index (χ3v) is 5.50. The normalized spacial score (nSPS) is 11.8. The molecule has 0 amide bonds. The van der Waals surface area contributed by atoms with Gasteiger partial charge in [-0.05, 0) is 37.6 Å². The Morgan fingerprint density at radius 2 is 1.78 bits per heavy atom. The van der Waals surface area contributed by atoms with Crippen molar-refractivity contribution in [2.24, 2.45) is 5.14 Å². The number of anilines is 1. The van der Waals surface area contributed by atoms with E-state index < -0.39 is 45.5 Å². The van der Waals surface area contributed by atoms with Crippen LogP contribution in [0.1, 0.15) is 44.0 Å². The molecule has 2 aromatic rings. The predicted octanol–water partition coefficient (Wildman–Crippen LogP) is 2.99. The molecule has 0 spiro atoms. The van der Waals surface area contributed by atoms with E-state index in [-0.39, 0.29) is 23.6 Å². The van der Waals surface area contributed by atoms with E-state index in [1.165, 1.54) is 13.0 Å². The number of nitrogens with two attached hydrogens (primary N) is 1. The number of nitrogens with one attached hydrogen (secondary N) is 1. The van der Waals surface area contributed by atoms with Gasteiger partial charge in [-0.1, -0.05) is 31.5 Å². The number of hydrogen-bond donors (Lipinski definition) is 2. The Hall–Kier alpha value is -3.64. The van der Waals surface area contributed by atoms with Crippen LogP contribution in [0.3, 0.4) is 0 Å². The first-order valence-electron chi connectivity index (χ1n) is 11.2. The molecule has 0 heterocycles. The molecular formula is C24H30N2O9S. The number of hydrogen-bond acceptors (Lipinski definition) is 10. The van der Waals surface area contributed by atoms with Crippen molar-refractivity contribution in [1.29, 1.82) is 0 Å². The first-order chi connectivity index (χ1) is 17.0. The van der Waals surface area contributed by atoms with Crippen LogP contribution in [-0.2, 0) is 33.8 Å². The van der Waals surface area contributed by atoms with Gasteiger partial charge in [0.1, 0.15) is 23.4 Å². The van der Waals surface area contributed by atoms with Crippen molar-refractivity contribution in [2.75, 3.05) is 25.1 Å². The molecule has 3 N–H and O–H groups in total. The summed E-state index contributed by atoms with van der Waals surface area (Å²) in [5.41, 5.74) is 0.141. The Balaban J connectivity index is 2.29. The highest BCUT2D eigenvalue weighted by Gasteiger charge is 2.25. The van der Waals surface area contributed by atoms with E-state index in [1.54, 1.807) is 30.3 Å². The summed E-state index contributed by atoms with van der Waals surface area (Å²) in [4.78, 5) is 34.7. The number of carbonyl (C=O) groups excluding carboxylic acids is 3. The summed E-state index contributed by atoms with van der Waals surface area (Å²) in [6.07, 6.45) is 0.771. The van der Waals surface area contributed by atoms with Gasteiger partial charge in [-0.3, -0.25) is 4.79 Å². The summed E-state index contributed by atoms with van der Waals surface area (Å²) in [5, 5.41) is 8.55. The highest BCUT2D eigenvalue weighted by Crippen LogP contribution is 2.37. The molecule has 0 aliphatic rings. The van der Waals surface area contributed by atoms with Crippen LogP contribution in [0.25, 0.3) is 0 Å². The standard InChI is InChI=1S/C24H30N2O9S/c1-4-5-11-26-20-12-18(24(29)34-16(2)14-33-22(28)15-32-17(3)27)13-21(36(25,30)31)23(20)35-19-9-7-6-8-10-19/h6-10,12-13,16,26H,4-5,11,14-15H2,1-3H3,(H2,25,30,31). The number of rotatable bonds is 13. The molecule has 36 heavy (non-hydrogen) atoms. The van der Waals surface area contributed by atoms with Gasteiger partial charge in [0.2, 0.25) is 10.0 Å². The van der Waals surface area contributed by atoms with Crippen LogP contribution in [0, 0.1) is 0 Å². The molecule has 0 bridgehead atoms. The monoisotopic (exact) mass is 522 g/mol. The maximum Gasteiger partial charge on any atom is 0.344 e. The molecule has 0 saturated carbocycles. The van der Waals surface area contributed by atoms with Crippen molar-refractivity contribution in [3.8, 4) is 11.5 Å². The number of carbonyl (C=O) groups is 3. The second kappa shape index (κ2) is 13.4. The predicted molar refractivity (Wildman–Crippen MR) is 130 cm³/mol. The van der Waals surface area contributed by atoms with Gasteiger partial charge in [0, 0.05) is 13.5 Å². The number of para-hydroxylation sites is 1. The topological polar surface area (TPSA) is 160 Å². The van der Waals surface area contributed by atoms with Gasteiger partial charge in [-0.2, -0.15) is 0 Å². The van der Waals surface area contributed by atoms with Gasteiger partial charge in [0.15, 0.2) is 12.4 Å². The molecule has 0 fully saturated rings. The van der Waals surface area contributed by atoms with Gasteiger partial charge in [0.25, 0.3) is 0 Å². The highest BCUT2D eigenvalue weighted by atomic mass is 32.2. The summed E-state index contributed by atoms with van der Waals surface area (Å²) >= 11 is 0. The van der Waals surface area contributed by atoms with Crippen molar-refractivity contribution in [3.05, 3.63) is 48.0 Å². The molecule has 1 unspecified atom stereocenters. The fourth-order valence-corrected chi connectivity index (χ4v) is 3.57. The summed E-state index contributed by atoms with van der Waals surface area (Å²) < 4.78 is 45.4. The lowest BCUT2D eigenvalue weighted by atomic mass is 10.1. The second-order valence-corrected chi connectivity index (χ2v) is 9.30. The largest absolute Gasteiger partial charge is 0.459 e. The van der Waals surface area contributed by atoms with Gasteiger partial charge < -0.3 is 24.3 Å². The fourth-order valence-electron chi connectivity index (χ4n) is 2.87. The lowest BCUT2D eigenvalue weighted by Crippen LogP contribution is -2.25. The third kappa shape index (κ3) is 9.19. The SMILES string of the molecule is CCCCNc1cc(C(=O)OC(C)COC(=O)COC(C)=O)cc(S(N)(=O)=O)c1Oc1ccccc1. The van der Waals surface area contributed by atoms with Crippen LogP contribution in [-0.4, -0.2) is 52.2 Å². The molecule has 0 aliphatic carbocycles. The molecule has 196 valence electrons. The Bertz CT molecular complexity index is 1170. The van der Waals surface area contributed by atoms with Gasteiger partial charge in [0.05, 0.1) is 11.3 Å². The molecular weight excluding hydrogens is 492 g/mol. The minimum absolute atomic E-state index is 0.0520. The van der Waals surface area contributed by atoms with E-state index in [9.17, 15) is 22.8 Å². The van der Waals surface area contributed by atoms with Crippen LogP contribution in [0.2, 0.25) is 0 Å². The van der Waals surface area contributed by atoms with Crippen LogP contribution in [0.5, 0.6) is 11.5 Å². The molecule has 0 radical (unpaired) electrons. The van der Waals surface area contributed by atoms with Crippen LogP contribution < -0.4 is 15.2 Å². The van der Waals surface area contributed by atoms with Gasteiger partial charge in [-0.15, -0.1) is 0 Å². The van der Waals surface area contributed by atoms with Crippen molar-refractivity contribution in [3.63, 3.8) is 0 Å². The lowest BCUT2D eigenvalue weighted by molar-refractivity contribution is -0.159. The summed E-state index contributed by atoms with van der Waals surface area (Å²) in [5.74, 6) is -1.99. The van der Waals surface area contributed by atoms with E-state index in [2.05, 4.69) is 10.1 Å². The molecule has 2 rings (SSSR count). The molecule has 1 atom stereocenters. The van der Waals surface area contributed by atoms with Crippen LogP contribution in [0.15, 0.2) is 47.4 Å². The molecule has 12 heteroatoms. The van der Waals surface area contributed by atoms with E-state index in [1.807, 2.05) is 6.92 Å². The average Bonchev–Trinajstić information content (AvgIpc) is 2.82. The maximum atomic E-state index is 12.8. The zero-order valence-corrected chi connectivity index (χ0v) is 21.1. The average molecular weight is 523 g/mol. The summed E-state index contributed by atoms with van der Waals surface area (Å²) in [6.45, 7) is 4.24. The zero-order valence-electron chi connectivity index (χ0n) is 20.3. The van der Waals surface area contributed by atoms with Gasteiger partial charge >= 0.3 is 17.9 Å². The molecule has 0 aliphatic heterocycles. The maximum absolute atomic E-state index is 12.8. The Morgan fingerprint density at radius 1 is 1.08 bits per heavy atom. The number of sulfonamides is 1. The number of benzene rings is 2. The van der Waals surface area contributed by atoms with Crippen LogP contribution >= 0.6 is 0 Å². The lowest BCUT2D eigenvalue weighted by Gasteiger charge is -2.19. The van der Waals surface area contributed by atoms with E-state index in [4.69, 9.17) is 19.3 Å². The molecule has 11 nitrogen and oxygen atoms in total. The number of ether oxygens (including phenoxy) is 4. The molecule has 0 saturated heterocycles. The fraction of sp³-hybridized carbons (Fsp3) is 0.375. The second-order valence-electron chi connectivity index (χ2n) is 7.77. The minimum Gasteiger partial charge on any atom is -0.459 e.